The van der Waals surface area contributed by atoms with Crippen molar-refractivity contribution >= 4 is 22.0 Å². The molecule has 4 aromatic rings. The first kappa shape index (κ1) is 19.1. The van der Waals surface area contributed by atoms with Crippen molar-refractivity contribution in [3.63, 3.8) is 0 Å². The minimum Gasteiger partial charge on any atom is -0.492 e. The standard InChI is InChI=1S/C23H25N5OS/c1-2-19-24-23-28(25-19)22(29)21(30-23)20(17-9-5-3-6-10-17)27-15-13-26(14-16-27)18-11-7-4-8-12-18/h3-12,20,29H,2,13-16H2,1H3/p+1/t20-/m1/s1. The Morgan fingerprint density at radius 2 is 1.70 bits per heavy atom. The highest BCUT2D eigenvalue weighted by molar-refractivity contribution is 7.17. The minimum absolute atomic E-state index is 0.0719. The number of aromatic hydroxyl groups is 1. The van der Waals surface area contributed by atoms with E-state index in [9.17, 15) is 5.11 Å². The van der Waals surface area contributed by atoms with E-state index in [0.717, 1.165) is 48.3 Å². The second-order valence-electron chi connectivity index (χ2n) is 7.69. The van der Waals surface area contributed by atoms with Crippen LogP contribution in [0, 0.1) is 0 Å². The second-order valence-corrected chi connectivity index (χ2v) is 8.70. The van der Waals surface area contributed by atoms with Gasteiger partial charge in [0.15, 0.2) is 11.9 Å². The molecule has 0 aliphatic carbocycles. The molecule has 30 heavy (non-hydrogen) atoms. The van der Waals surface area contributed by atoms with Gasteiger partial charge in [-0.05, 0) is 12.1 Å². The summed E-state index contributed by atoms with van der Waals surface area (Å²) in [4.78, 5) is 10.2. The van der Waals surface area contributed by atoms with Crippen LogP contribution < -0.4 is 9.80 Å². The number of para-hydroxylation sites is 1. The van der Waals surface area contributed by atoms with Crippen LogP contribution in [0.1, 0.15) is 29.2 Å². The van der Waals surface area contributed by atoms with Crippen molar-refractivity contribution in [1.82, 2.24) is 14.6 Å². The summed E-state index contributed by atoms with van der Waals surface area (Å²) in [6.45, 7) is 6.01. The lowest BCUT2D eigenvalue weighted by molar-refractivity contribution is -0.925. The molecular formula is C23H26N5OS+. The van der Waals surface area contributed by atoms with Gasteiger partial charge < -0.3 is 14.9 Å². The van der Waals surface area contributed by atoms with Crippen LogP contribution in [0.25, 0.3) is 4.96 Å². The van der Waals surface area contributed by atoms with Crippen molar-refractivity contribution in [2.24, 2.45) is 0 Å². The number of piperazine rings is 1. The normalized spacial score (nSPS) is 16.2. The number of aryl methyl sites for hydroxylation is 1. The Balaban J connectivity index is 1.47. The number of hydrogen-bond acceptors (Lipinski definition) is 5. The van der Waals surface area contributed by atoms with Crippen LogP contribution in [0.3, 0.4) is 0 Å². The zero-order valence-electron chi connectivity index (χ0n) is 17.0. The molecule has 1 aliphatic rings. The zero-order valence-corrected chi connectivity index (χ0v) is 17.8. The molecule has 1 aliphatic heterocycles. The summed E-state index contributed by atoms with van der Waals surface area (Å²) in [6, 6.07) is 21.2. The maximum absolute atomic E-state index is 11.0. The number of rotatable bonds is 5. The largest absolute Gasteiger partial charge is 0.492 e. The van der Waals surface area contributed by atoms with Crippen LogP contribution in [0.4, 0.5) is 5.69 Å². The molecule has 0 bridgehead atoms. The van der Waals surface area contributed by atoms with Gasteiger partial charge in [0.2, 0.25) is 10.8 Å². The molecular weight excluding hydrogens is 394 g/mol. The van der Waals surface area contributed by atoms with Gasteiger partial charge in [-0.25, -0.2) is 4.98 Å². The summed E-state index contributed by atoms with van der Waals surface area (Å²) in [6.07, 6.45) is 0.762. The number of quaternary nitrogens is 1. The lowest BCUT2D eigenvalue weighted by Crippen LogP contribution is -3.15. The summed E-state index contributed by atoms with van der Waals surface area (Å²) >= 11 is 1.56. The summed E-state index contributed by atoms with van der Waals surface area (Å²) in [5.74, 6) is 0.997. The third-order valence-electron chi connectivity index (χ3n) is 5.89. The minimum atomic E-state index is 0.0719. The molecule has 0 amide bonds. The Morgan fingerprint density at radius 1 is 1.03 bits per heavy atom. The lowest BCUT2D eigenvalue weighted by atomic mass is 10.0. The fourth-order valence-electron chi connectivity index (χ4n) is 4.33. The van der Waals surface area contributed by atoms with Gasteiger partial charge in [0, 0.05) is 17.7 Å². The van der Waals surface area contributed by atoms with Crippen molar-refractivity contribution in [2.75, 3.05) is 31.1 Å². The summed E-state index contributed by atoms with van der Waals surface area (Å²) in [5, 5.41) is 15.5. The van der Waals surface area contributed by atoms with Gasteiger partial charge >= 0.3 is 0 Å². The van der Waals surface area contributed by atoms with Gasteiger partial charge in [-0.1, -0.05) is 66.8 Å². The van der Waals surface area contributed by atoms with Gasteiger partial charge in [-0.2, -0.15) is 4.52 Å². The van der Waals surface area contributed by atoms with Gasteiger partial charge in [0.05, 0.1) is 26.2 Å². The predicted octanol–water partition coefficient (Wildman–Crippen LogP) is 2.55. The number of aromatic nitrogens is 3. The summed E-state index contributed by atoms with van der Waals surface area (Å²) < 4.78 is 1.61. The van der Waals surface area contributed by atoms with Gasteiger partial charge in [-0.3, -0.25) is 0 Å². The van der Waals surface area contributed by atoms with E-state index < -0.39 is 0 Å². The van der Waals surface area contributed by atoms with Crippen molar-refractivity contribution in [1.29, 1.82) is 0 Å². The Labute approximate surface area is 180 Å². The van der Waals surface area contributed by atoms with E-state index >= 15 is 0 Å². The highest BCUT2D eigenvalue weighted by Crippen LogP contribution is 2.35. The van der Waals surface area contributed by atoms with Crippen LogP contribution in [-0.2, 0) is 6.42 Å². The Hall–Kier alpha value is -2.90. The number of thiazole rings is 1. The van der Waals surface area contributed by atoms with Crippen LogP contribution in [0.2, 0.25) is 0 Å². The van der Waals surface area contributed by atoms with Crippen molar-refractivity contribution in [3.05, 3.63) is 76.9 Å². The second kappa shape index (κ2) is 8.08. The van der Waals surface area contributed by atoms with Crippen LogP contribution in [0.5, 0.6) is 5.88 Å². The molecule has 5 rings (SSSR count). The maximum Gasteiger partial charge on any atom is 0.235 e. The van der Waals surface area contributed by atoms with Crippen LogP contribution in [0.15, 0.2) is 60.7 Å². The molecule has 0 saturated carbocycles. The van der Waals surface area contributed by atoms with E-state index in [1.165, 1.54) is 16.2 Å². The quantitative estimate of drug-likeness (QED) is 0.521. The highest BCUT2D eigenvalue weighted by Gasteiger charge is 2.35. The van der Waals surface area contributed by atoms with Crippen LogP contribution >= 0.6 is 11.3 Å². The average Bonchev–Trinajstić information content (AvgIpc) is 3.35. The summed E-state index contributed by atoms with van der Waals surface area (Å²) in [5.41, 5.74) is 2.50. The first-order valence-electron chi connectivity index (χ1n) is 10.5. The topological polar surface area (TPSA) is 58.1 Å². The van der Waals surface area contributed by atoms with Crippen molar-refractivity contribution < 1.29 is 10.0 Å². The number of nitrogens with zero attached hydrogens (tertiary/aromatic N) is 4. The number of anilines is 1. The SMILES string of the molecule is CCc1nc2sc([C@@H](c3ccccc3)[NH+]3CCN(c4ccccc4)CC3)c(O)n2n1. The van der Waals surface area contributed by atoms with E-state index in [-0.39, 0.29) is 11.9 Å². The molecule has 0 radical (unpaired) electrons. The lowest BCUT2D eigenvalue weighted by Gasteiger charge is -2.37. The molecule has 0 unspecified atom stereocenters. The van der Waals surface area contributed by atoms with E-state index in [1.807, 2.05) is 13.0 Å². The van der Waals surface area contributed by atoms with Gasteiger partial charge in [0.1, 0.15) is 4.88 Å². The average molecular weight is 421 g/mol. The Kier molecular flexibility index (Phi) is 5.14. The van der Waals surface area contributed by atoms with E-state index in [2.05, 4.69) is 69.6 Å². The van der Waals surface area contributed by atoms with E-state index in [0.29, 0.717) is 0 Å². The molecule has 1 saturated heterocycles. The highest BCUT2D eigenvalue weighted by atomic mass is 32.1. The van der Waals surface area contributed by atoms with Crippen molar-refractivity contribution in [2.45, 2.75) is 19.4 Å². The Bertz CT molecular complexity index is 1120. The first-order valence-corrected chi connectivity index (χ1v) is 11.3. The molecule has 3 heterocycles. The smallest absolute Gasteiger partial charge is 0.235 e. The fraction of sp³-hybridized carbons (Fsp3) is 0.304. The van der Waals surface area contributed by atoms with E-state index in [4.69, 9.17) is 0 Å². The fourth-order valence-corrected chi connectivity index (χ4v) is 5.49. The maximum atomic E-state index is 11.0. The number of hydrogen-bond donors (Lipinski definition) is 2. The zero-order chi connectivity index (χ0) is 20.5. The molecule has 2 N–H and O–H groups in total. The first-order chi connectivity index (χ1) is 14.7. The Morgan fingerprint density at radius 3 is 2.33 bits per heavy atom. The third-order valence-corrected chi connectivity index (χ3v) is 6.98. The molecule has 1 fully saturated rings. The van der Waals surface area contributed by atoms with Crippen LogP contribution in [-0.4, -0.2) is 45.9 Å². The molecule has 0 spiro atoms. The molecule has 7 heteroatoms. The molecule has 1 atom stereocenters. The molecule has 154 valence electrons. The number of fused-ring (bicyclic) bond motifs is 1. The van der Waals surface area contributed by atoms with Gasteiger partial charge in [0.25, 0.3) is 0 Å². The molecule has 6 nitrogen and oxygen atoms in total. The summed E-state index contributed by atoms with van der Waals surface area (Å²) in [7, 11) is 0. The van der Waals surface area contributed by atoms with E-state index in [1.54, 1.807) is 15.9 Å². The number of benzene rings is 2. The molecule has 2 aromatic carbocycles. The third kappa shape index (κ3) is 3.44. The van der Waals surface area contributed by atoms with Gasteiger partial charge in [-0.15, -0.1) is 5.10 Å². The number of nitrogens with one attached hydrogen (secondary N) is 1. The molecule has 2 aromatic heterocycles. The monoisotopic (exact) mass is 420 g/mol. The van der Waals surface area contributed by atoms with Crippen molar-refractivity contribution in [3.8, 4) is 5.88 Å². The predicted molar refractivity (Wildman–Crippen MR) is 120 cm³/mol.